The lowest BCUT2D eigenvalue weighted by Gasteiger charge is -2.26. The van der Waals surface area contributed by atoms with E-state index >= 15 is 0 Å². The molecular weight excluding hydrogens is 655 g/mol. The van der Waals surface area contributed by atoms with Crippen LogP contribution in [0.5, 0.6) is 0 Å². The standard InChI is InChI=1S/C14H21N.C11H19NS.C7H15N.C6H6.2C3H9N.C2H6/c1-5-6-11-15(12(2)3)14-10-8-7-9-13(14)4;1-4-6-8-11(7-5-2)10(3)12-9-13;1-7-3-5-8(2)6-4-7;1-2-4-6-5-3-1;2*1-2-3-4;1-2/h7-10H,2,5-6,11H2,1,3-4H3;6-10H,4-5H2,1-3H3,(H,12,13);7H,3-6H2,1-2H3;1-6H;2*2-4H2,1H3;1-2H3/b;8-6-,11-7+;;;;;. The van der Waals surface area contributed by atoms with Gasteiger partial charge < -0.3 is 26.6 Å². The maximum atomic E-state index is 5.03. The Hall–Kier alpha value is -2.77. The zero-order valence-corrected chi connectivity index (χ0v) is 36.9. The van der Waals surface area contributed by atoms with Gasteiger partial charge in [-0.1, -0.05) is 153 Å². The van der Waals surface area contributed by atoms with Gasteiger partial charge in [-0.25, -0.2) is 0 Å². The zero-order valence-electron chi connectivity index (χ0n) is 36.1. The summed E-state index contributed by atoms with van der Waals surface area (Å²) in [6.07, 6.45) is 16.1. The van der Waals surface area contributed by atoms with Gasteiger partial charge in [0.2, 0.25) is 0 Å². The molecule has 0 amide bonds. The number of anilines is 1. The molecule has 52 heavy (non-hydrogen) atoms. The molecule has 1 unspecified atom stereocenters. The first kappa shape index (κ1) is 56.0. The lowest BCUT2D eigenvalue weighted by atomic mass is 10.00. The fourth-order valence-electron chi connectivity index (χ4n) is 4.30. The van der Waals surface area contributed by atoms with Crippen molar-refractivity contribution in [3.05, 3.63) is 102 Å². The van der Waals surface area contributed by atoms with Crippen LogP contribution in [-0.4, -0.2) is 56.2 Å². The predicted octanol–water partition coefficient (Wildman–Crippen LogP) is 12.1. The molecule has 300 valence electrons. The number of rotatable bonds is 13. The molecule has 6 heteroatoms. The maximum absolute atomic E-state index is 5.03. The Morgan fingerprint density at radius 3 is 1.73 bits per heavy atom. The van der Waals surface area contributed by atoms with Crippen LogP contribution in [-0.2, 0) is 0 Å². The second-order valence-electron chi connectivity index (χ2n) is 12.7. The molecule has 1 saturated heterocycles. The zero-order chi connectivity index (χ0) is 40.4. The molecule has 0 spiro atoms. The van der Waals surface area contributed by atoms with Crippen molar-refractivity contribution >= 4 is 23.4 Å². The third-order valence-corrected chi connectivity index (χ3v) is 7.79. The highest BCUT2D eigenvalue weighted by atomic mass is 32.1. The molecule has 1 aliphatic heterocycles. The van der Waals surface area contributed by atoms with E-state index in [1.807, 2.05) is 50.2 Å². The smallest absolute Gasteiger partial charge is 0.0619 e. The number of allylic oxidation sites excluding steroid dienone is 3. The molecule has 0 saturated carbocycles. The van der Waals surface area contributed by atoms with E-state index in [0.717, 1.165) is 56.9 Å². The van der Waals surface area contributed by atoms with Crippen molar-refractivity contribution < 1.29 is 0 Å². The van der Waals surface area contributed by atoms with Gasteiger partial charge in [-0.3, -0.25) is 0 Å². The van der Waals surface area contributed by atoms with Gasteiger partial charge in [0.05, 0.1) is 5.49 Å². The summed E-state index contributed by atoms with van der Waals surface area (Å²) in [5.41, 5.74) is 16.7. The summed E-state index contributed by atoms with van der Waals surface area (Å²) in [4.78, 5) is 4.71. The van der Waals surface area contributed by atoms with E-state index in [1.165, 1.54) is 55.6 Å². The van der Waals surface area contributed by atoms with E-state index in [9.17, 15) is 0 Å². The molecule has 1 fully saturated rings. The van der Waals surface area contributed by atoms with Gasteiger partial charge in [0.25, 0.3) is 0 Å². The van der Waals surface area contributed by atoms with Gasteiger partial charge in [-0.05, 0) is 122 Å². The summed E-state index contributed by atoms with van der Waals surface area (Å²) in [5.74, 6) is 0.978. The molecule has 0 aliphatic carbocycles. The van der Waals surface area contributed by atoms with Gasteiger partial charge >= 0.3 is 0 Å². The Labute approximate surface area is 330 Å². The number of aryl methyl sites for hydroxylation is 1. The van der Waals surface area contributed by atoms with Crippen LogP contribution in [0.2, 0.25) is 0 Å². The lowest BCUT2D eigenvalue weighted by Crippen LogP contribution is -2.28. The van der Waals surface area contributed by atoms with Crippen molar-refractivity contribution in [3.8, 4) is 0 Å². The van der Waals surface area contributed by atoms with Crippen molar-refractivity contribution in [2.75, 3.05) is 44.7 Å². The van der Waals surface area contributed by atoms with E-state index in [0.29, 0.717) is 6.04 Å². The number of hydrogen-bond acceptors (Lipinski definition) is 5. The van der Waals surface area contributed by atoms with Crippen molar-refractivity contribution in [1.29, 1.82) is 0 Å². The number of piperidine rings is 1. The van der Waals surface area contributed by atoms with E-state index in [2.05, 4.69) is 134 Å². The van der Waals surface area contributed by atoms with Gasteiger partial charge in [0, 0.05) is 24.0 Å². The van der Waals surface area contributed by atoms with E-state index < -0.39 is 0 Å². The second kappa shape index (κ2) is 44.4. The van der Waals surface area contributed by atoms with Crippen LogP contribution < -0.4 is 21.7 Å². The Balaban J connectivity index is -0.000000281. The number of nitrogens with two attached hydrogens (primary N) is 2. The van der Waals surface area contributed by atoms with Crippen LogP contribution in [0.1, 0.15) is 126 Å². The Morgan fingerprint density at radius 2 is 1.38 bits per heavy atom. The largest absolute Gasteiger partial charge is 0.376 e. The monoisotopic (exact) mass is 740 g/mol. The first-order valence-corrected chi connectivity index (χ1v) is 20.6. The van der Waals surface area contributed by atoms with Crippen LogP contribution in [0.3, 0.4) is 0 Å². The number of benzene rings is 2. The highest BCUT2D eigenvalue weighted by Gasteiger charge is 2.11. The molecule has 1 heterocycles. The van der Waals surface area contributed by atoms with Crippen LogP contribution >= 0.6 is 12.2 Å². The highest BCUT2D eigenvalue weighted by molar-refractivity contribution is 7.78. The third kappa shape index (κ3) is 37.0. The van der Waals surface area contributed by atoms with E-state index in [1.54, 1.807) is 5.49 Å². The topological polar surface area (TPSA) is 70.5 Å². The number of nitrogens with one attached hydrogen (secondary N) is 1. The van der Waals surface area contributed by atoms with Gasteiger partial charge in [-0.2, -0.15) is 0 Å². The average molecular weight is 740 g/mol. The molecule has 1 atom stereocenters. The number of hydrogen-bond donors (Lipinski definition) is 3. The number of para-hydroxylation sites is 1. The highest BCUT2D eigenvalue weighted by Crippen LogP contribution is 2.23. The van der Waals surface area contributed by atoms with Crippen molar-refractivity contribution in [2.45, 2.75) is 134 Å². The summed E-state index contributed by atoms with van der Waals surface area (Å²) >= 11 is 4.76. The Morgan fingerprint density at radius 1 is 0.904 bits per heavy atom. The van der Waals surface area contributed by atoms with Crippen LogP contribution in [0.15, 0.2) is 96.7 Å². The SMILES string of the molecule is C=C(C)N(CCCC)c1ccccc1C.CC.CC/C=C\C(=C/CC)C(C)NC=S.CC1CCN(C)CC1.CCCN.CCCN.c1ccccc1. The van der Waals surface area contributed by atoms with Crippen LogP contribution in [0.25, 0.3) is 0 Å². The molecule has 5 nitrogen and oxygen atoms in total. The Kier molecular flexibility index (Phi) is 47.8. The minimum absolute atomic E-state index is 0.320. The first-order valence-electron chi connectivity index (χ1n) is 20.2. The molecule has 0 radical (unpaired) electrons. The molecule has 3 rings (SSSR count). The molecule has 2 aromatic rings. The van der Waals surface area contributed by atoms with Crippen LogP contribution in [0, 0.1) is 12.8 Å². The van der Waals surface area contributed by atoms with Crippen molar-refractivity contribution in [3.63, 3.8) is 0 Å². The summed E-state index contributed by atoms with van der Waals surface area (Å²) in [6, 6.07) is 20.8. The fraction of sp³-hybridized carbons (Fsp3) is 0.587. The van der Waals surface area contributed by atoms with E-state index in [4.69, 9.17) is 23.7 Å². The second-order valence-corrected chi connectivity index (χ2v) is 12.9. The molecule has 1 aliphatic rings. The van der Waals surface area contributed by atoms with Gasteiger partial charge in [0.15, 0.2) is 0 Å². The quantitative estimate of drug-likeness (QED) is 0.140. The van der Waals surface area contributed by atoms with Gasteiger partial charge in [-0.15, -0.1) is 0 Å². The molecule has 0 aromatic heterocycles. The molecular formula is C46H85N5S. The fourth-order valence-corrected chi connectivity index (χ4v) is 4.50. The average Bonchev–Trinajstić information content (AvgIpc) is 3.17. The van der Waals surface area contributed by atoms with Crippen molar-refractivity contribution in [2.24, 2.45) is 17.4 Å². The third-order valence-electron chi connectivity index (χ3n) is 7.66. The minimum atomic E-state index is 0.320. The molecule has 0 bridgehead atoms. The normalized spacial score (nSPS) is 12.8. The molecule has 5 N–H and O–H groups in total. The van der Waals surface area contributed by atoms with Gasteiger partial charge in [0.1, 0.15) is 0 Å². The first-order chi connectivity index (χ1) is 25.0. The summed E-state index contributed by atoms with van der Waals surface area (Å²) in [7, 11) is 2.20. The summed E-state index contributed by atoms with van der Waals surface area (Å²) < 4.78 is 0. The number of unbranched alkanes of at least 4 members (excludes halogenated alkanes) is 1. The summed E-state index contributed by atoms with van der Waals surface area (Å²) in [5, 5.41) is 3.11. The van der Waals surface area contributed by atoms with Crippen molar-refractivity contribution in [1.82, 2.24) is 10.2 Å². The predicted molar refractivity (Wildman–Crippen MR) is 245 cm³/mol. The maximum Gasteiger partial charge on any atom is 0.0619 e. The molecule has 2 aromatic carbocycles. The van der Waals surface area contributed by atoms with Crippen LogP contribution in [0.4, 0.5) is 5.69 Å². The number of thiocarbonyl (C=S) groups is 1. The Bertz CT molecular complexity index is 1020. The number of nitrogens with zero attached hydrogens (tertiary/aromatic N) is 2. The lowest BCUT2D eigenvalue weighted by molar-refractivity contribution is 0.230. The number of likely N-dealkylation sites (tertiary alicyclic amines) is 1. The minimum Gasteiger partial charge on any atom is -0.376 e. The van der Waals surface area contributed by atoms with E-state index in [-0.39, 0.29) is 0 Å². The summed E-state index contributed by atoms with van der Waals surface area (Å²) in [6.45, 7) is 32.7.